The van der Waals surface area contributed by atoms with E-state index >= 15 is 4.39 Å². The van der Waals surface area contributed by atoms with Crippen LogP contribution in [0.2, 0.25) is 0 Å². The fourth-order valence-electron chi connectivity index (χ4n) is 3.20. The topological polar surface area (TPSA) is 60.1 Å². The zero-order valence-corrected chi connectivity index (χ0v) is 12.9. The summed E-state index contributed by atoms with van der Waals surface area (Å²) in [6.07, 6.45) is 1.51. The van der Waals surface area contributed by atoms with Gasteiger partial charge in [-0.05, 0) is 18.6 Å². The number of rotatable bonds is 3. The van der Waals surface area contributed by atoms with Gasteiger partial charge in [0.2, 0.25) is 0 Å². The Labute approximate surface area is 134 Å². The molecule has 0 spiro atoms. The normalized spacial score (nSPS) is 23.7. The van der Waals surface area contributed by atoms with E-state index in [4.69, 9.17) is 0 Å². The van der Waals surface area contributed by atoms with E-state index < -0.39 is 18.2 Å². The van der Waals surface area contributed by atoms with Gasteiger partial charge in [0.25, 0.3) is 0 Å². The number of anilines is 1. The molecular weight excluding hydrogens is 293 g/mol. The van der Waals surface area contributed by atoms with Gasteiger partial charge < -0.3 is 10.0 Å². The van der Waals surface area contributed by atoms with Crippen LogP contribution in [0.15, 0.2) is 42.6 Å². The Morgan fingerprint density at radius 3 is 2.83 bits per heavy atom. The summed E-state index contributed by atoms with van der Waals surface area (Å²) in [5.41, 5.74) is 0.996. The molecule has 1 aliphatic heterocycles. The first-order chi connectivity index (χ1) is 11.1. The average Bonchev–Trinajstić information content (AvgIpc) is 2.94. The maximum absolute atomic E-state index is 15.3. The molecule has 1 fully saturated rings. The molecule has 0 bridgehead atoms. The molecule has 2 unspecified atom stereocenters. The Morgan fingerprint density at radius 1 is 1.43 bits per heavy atom. The zero-order valence-electron chi connectivity index (χ0n) is 12.9. The highest BCUT2D eigenvalue weighted by molar-refractivity contribution is 5.61. The van der Waals surface area contributed by atoms with Crippen LogP contribution in [0.5, 0.6) is 0 Å². The molecule has 2 aromatic rings. The van der Waals surface area contributed by atoms with E-state index in [0.717, 1.165) is 11.3 Å². The van der Waals surface area contributed by atoms with E-state index in [9.17, 15) is 10.4 Å². The number of nitrogens with zero attached hydrogens (tertiary/aromatic N) is 3. The van der Waals surface area contributed by atoms with Gasteiger partial charge in [0.15, 0.2) is 5.67 Å². The smallest absolute Gasteiger partial charge is 0.159 e. The van der Waals surface area contributed by atoms with Crippen LogP contribution in [-0.4, -0.2) is 35.5 Å². The van der Waals surface area contributed by atoms with Gasteiger partial charge >= 0.3 is 0 Å². The molecule has 3 rings (SSSR count). The molecule has 23 heavy (non-hydrogen) atoms. The Bertz CT molecular complexity index is 744. The molecule has 5 heteroatoms. The van der Waals surface area contributed by atoms with Crippen LogP contribution in [-0.2, 0) is 0 Å². The molecule has 4 nitrogen and oxygen atoms in total. The standard InChI is InChI=1S/C18H18FN3O/c1-13-7-17(15(8-20)9-21-13)22-10-16(18(19,11-22)12-23)14-5-3-2-4-6-14/h2-7,9,16,23H,10-12H2,1H3. The number of aryl methyl sites for hydroxylation is 1. The molecule has 0 amide bonds. The van der Waals surface area contributed by atoms with Gasteiger partial charge in [0.05, 0.1) is 24.4 Å². The van der Waals surface area contributed by atoms with Crippen LogP contribution in [0.25, 0.3) is 0 Å². The highest BCUT2D eigenvalue weighted by Gasteiger charge is 2.48. The number of aromatic nitrogens is 1. The lowest BCUT2D eigenvalue weighted by Gasteiger charge is -2.24. The fraction of sp³-hybridized carbons (Fsp3) is 0.333. The molecular formula is C18H18FN3O. The van der Waals surface area contributed by atoms with Gasteiger partial charge in [-0.15, -0.1) is 0 Å². The first kappa shape index (κ1) is 15.4. The third kappa shape index (κ3) is 2.78. The van der Waals surface area contributed by atoms with Crippen LogP contribution < -0.4 is 4.90 Å². The minimum atomic E-state index is -1.73. The predicted molar refractivity (Wildman–Crippen MR) is 86.0 cm³/mol. The minimum Gasteiger partial charge on any atom is -0.393 e. The Balaban J connectivity index is 1.99. The highest BCUT2D eigenvalue weighted by atomic mass is 19.1. The number of alkyl halides is 1. The highest BCUT2D eigenvalue weighted by Crippen LogP contribution is 2.41. The molecule has 0 aliphatic carbocycles. The number of aliphatic hydroxyl groups is 1. The van der Waals surface area contributed by atoms with E-state index in [0.29, 0.717) is 17.8 Å². The van der Waals surface area contributed by atoms with Gasteiger partial charge in [0, 0.05) is 24.4 Å². The maximum atomic E-state index is 15.3. The molecule has 1 aliphatic rings. The van der Waals surface area contributed by atoms with Crippen molar-refractivity contribution in [2.75, 3.05) is 24.6 Å². The second-order valence-corrected chi connectivity index (χ2v) is 5.99. The molecule has 2 atom stereocenters. The van der Waals surface area contributed by atoms with E-state index in [-0.39, 0.29) is 6.54 Å². The van der Waals surface area contributed by atoms with Crippen LogP contribution in [0.3, 0.4) is 0 Å². The van der Waals surface area contributed by atoms with Crippen LogP contribution in [0.4, 0.5) is 10.1 Å². The first-order valence-electron chi connectivity index (χ1n) is 7.54. The summed E-state index contributed by atoms with van der Waals surface area (Å²) in [5, 5.41) is 18.9. The maximum Gasteiger partial charge on any atom is 0.159 e. The molecule has 1 aromatic heterocycles. The first-order valence-corrected chi connectivity index (χ1v) is 7.54. The van der Waals surface area contributed by atoms with Crippen molar-refractivity contribution in [2.45, 2.75) is 18.5 Å². The van der Waals surface area contributed by atoms with E-state index in [2.05, 4.69) is 11.1 Å². The Morgan fingerprint density at radius 2 is 2.17 bits per heavy atom. The third-order valence-electron chi connectivity index (χ3n) is 4.43. The zero-order chi connectivity index (χ0) is 16.4. The minimum absolute atomic E-state index is 0.0567. The van der Waals surface area contributed by atoms with Crippen molar-refractivity contribution in [1.29, 1.82) is 5.26 Å². The number of hydrogen-bond acceptors (Lipinski definition) is 4. The second kappa shape index (κ2) is 5.98. The summed E-state index contributed by atoms with van der Waals surface area (Å²) in [4.78, 5) is 5.96. The second-order valence-electron chi connectivity index (χ2n) is 5.99. The summed E-state index contributed by atoms with van der Waals surface area (Å²) in [5.74, 6) is -0.436. The number of aliphatic hydroxyl groups excluding tert-OH is 1. The van der Waals surface area contributed by atoms with Gasteiger partial charge in [-0.3, -0.25) is 4.98 Å². The van der Waals surface area contributed by atoms with Crippen molar-refractivity contribution in [1.82, 2.24) is 4.98 Å². The number of halogens is 1. The van der Waals surface area contributed by atoms with Gasteiger partial charge in [-0.1, -0.05) is 30.3 Å². The molecule has 2 heterocycles. The van der Waals surface area contributed by atoms with Crippen LogP contribution >= 0.6 is 0 Å². The largest absolute Gasteiger partial charge is 0.393 e. The molecule has 1 saturated heterocycles. The summed E-state index contributed by atoms with van der Waals surface area (Å²) < 4.78 is 15.3. The van der Waals surface area contributed by atoms with Crippen molar-refractivity contribution < 1.29 is 9.50 Å². The van der Waals surface area contributed by atoms with E-state index in [1.54, 1.807) is 6.07 Å². The molecule has 0 saturated carbocycles. The Kier molecular flexibility index (Phi) is 4.01. The van der Waals surface area contributed by atoms with Gasteiger partial charge in [0.1, 0.15) is 6.07 Å². The lowest BCUT2D eigenvalue weighted by atomic mass is 9.87. The lowest BCUT2D eigenvalue weighted by molar-refractivity contribution is 0.0751. The summed E-state index contributed by atoms with van der Waals surface area (Å²) >= 11 is 0. The summed E-state index contributed by atoms with van der Waals surface area (Å²) in [6, 6.07) is 13.3. The predicted octanol–water partition coefficient (Wildman–Crippen LogP) is 2.57. The number of benzene rings is 1. The van der Waals surface area contributed by atoms with E-state index in [1.807, 2.05) is 42.2 Å². The van der Waals surface area contributed by atoms with Crippen LogP contribution in [0, 0.1) is 18.3 Å². The summed E-state index contributed by atoms with van der Waals surface area (Å²) in [7, 11) is 0. The fourth-order valence-corrected chi connectivity index (χ4v) is 3.20. The number of nitriles is 1. The average molecular weight is 311 g/mol. The van der Waals surface area contributed by atoms with Crippen molar-refractivity contribution in [3.63, 3.8) is 0 Å². The Hall–Kier alpha value is -2.45. The molecule has 1 N–H and O–H groups in total. The van der Waals surface area contributed by atoms with Crippen molar-refractivity contribution in [3.8, 4) is 6.07 Å². The monoisotopic (exact) mass is 311 g/mol. The molecule has 118 valence electrons. The third-order valence-corrected chi connectivity index (χ3v) is 4.43. The van der Waals surface area contributed by atoms with Gasteiger partial charge in [-0.25, -0.2) is 4.39 Å². The van der Waals surface area contributed by atoms with Crippen molar-refractivity contribution >= 4 is 5.69 Å². The van der Waals surface area contributed by atoms with Crippen LogP contribution in [0.1, 0.15) is 22.7 Å². The number of pyridine rings is 1. The van der Waals surface area contributed by atoms with E-state index in [1.165, 1.54) is 6.20 Å². The quantitative estimate of drug-likeness (QED) is 0.946. The van der Waals surface area contributed by atoms with Gasteiger partial charge in [-0.2, -0.15) is 5.26 Å². The lowest BCUT2D eigenvalue weighted by Crippen LogP contribution is -2.36. The molecule has 1 aromatic carbocycles. The van der Waals surface area contributed by atoms with Crippen molar-refractivity contribution in [3.05, 3.63) is 59.4 Å². The molecule has 0 radical (unpaired) electrons. The number of hydrogen-bond donors (Lipinski definition) is 1. The SMILES string of the molecule is Cc1cc(N2CC(c3ccccc3)C(F)(CO)C2)c(C#N)cn1. The summed E-state index contributed by atoms with van der Waals surface area (Å²) in [6.45, 7) is 1.76. The van der Waals surface area contributed by atoms with Crippen molar-refractivity contribution in [2.24, 2.45) is 0 Å².